The highest BCUT2D eigenvalue weighted by molar-refractivity contribution is 9.10. The normalized spacial score (nSPS) is 14.4. The van der Waals surface area contributed by atoms with Crippen molar-refractivity contribution >= 4 is 33.5 Å². The number of pyridine rings is 1. The van der Waals surface area contributed by atoms with Crippen molar-refractivity contribution in [3.05, 3.63) is 34.7 Å². The number of anilines is 1. The Bertz CT molecular complexity index is 602. The maximum Gasteiger partial charge on any atom is 0.144 e. The Labute approximate surface area is 123 Å². The number of halogens is 1. The van der Waals surface area contributed by atoms with Crippen LogP contribution < -0.4 is 11.3 Å². The monoisotopic (exact) mass is 337 g/mol. The molecule has 2 aromatic rings. The molecule has 1 fully saturated rings. The van der Waals surface area contributed by atoms with Crippen molar-refractivity contribution in [1.29, 1.82) is 0 Å². The van der Waals surface area contributed by atoms with Crippen molar-refractivity contribution < 1.29 is 0 Å². The minimum Gasteiger partial charge on any atom is -0.308 e. The maximum atomic E-state index is 5.46. The van der Waals surface area contributed by atoms with E-state index in [0.29, 0.717) is 11.7 Å². The summed E-state index contributed by atoms with van der Waals surface area (Å²) in [6.45, 7) is 0. The van der Waals surface area contributed by atoms with Crippen LogP contribution in [0.5, 0.6) is 0 Å². The van der Waals surface area contributed by atoms with E-state index < -0.39 is 0 Å². The van der Waals surface area contributed by atoms with Crippen LogP contribution in [0.4, 0.5) is 5.82 Å². The molecule has 1 aliphatic carbocycles. The van der Waals surface area contributed by atoms with Crippen LogP contribution in [0.2, 0.25) is 0 Å². The molecule has 5 nitrogen and oxygen atoms in total. The van der Waals surface area contributed by atoms with E-state index in [0.717, 1.165) is 33.2 Å². The van der Waals surface area contributed by atoms with E-state index in [1.165, 1.54) is 11.8 Å². The number of rotatable bonds is 4. The second-order valence-corrected chi connectivity index (χ2v) is 6.12. The molecule has 1 aliphatic rings. The van der Waals surface area contributed by atoms with Crippen molar-refractivity contribution in [3.8, 4) is 0 Å². The van der Waals surface area contributed by atoms with Crippen LogP contribution in [0.15, 0.2) is 38.9 Å². The number of nitrogens with two attached hydrogens (primary N) is 1. The minimum absolute atomic E-state index is 0.486. The number of hydrogen-bond donors (Lipinski definition) is 2. The highest BCUT2D eigenvalue weighted by Gasteiger charge is 2.27. The largest absolute Gasteiger partial charge is 0.308 e. The van der Waals surface area contributed by atoms with Crippen LogP contribution in [0.25, 0.3) is 0 Å². The number of hydrogen-bond acceptors (Lipinski definition) is 6. The molecule has 0 aliphatic heterocycles. The Balaban J connectivity index is 1.91. The molecule has 3 rings (SSSR count). The zero-order chi connectivity index (χ0) is 13.2. The fraction of sp³-hybridized carbons (Fsp3) is 0.250. The lowest BCUT2D eigenvalue weighted by atomic mass is 10.4. The van der Waals surface area contributed by atoms with Gasteiger partial charge in [-0.25, -0.2) is 20.8 Å². The van der Waals surface area contributed by atoms with E-state index in [1.54, 1.807) is 6.20 Å². The quantitative estimate of drug-likeness (QED) is 0.507. The molecule has 0 amide bonds. The number of nitrogens with zero attached hydrogens (tertiary/aromatic N) is 3. The molecule has 0 spiro atoms. The lowest BCUT2D eigenvalue weighted by molar-refractivity contribution is 0.876. The first kappa shape index (κ1) is 12.8. The summed E-state index contributed by atoms with van der Waals surface area (Å²) in [6.07, 6.45) is 4.08. The van der Waals surface area contributed by atoms with Crippen molar-refractivity contribution in [2.75, 3.05) is 5.43 Å². The summed E-state index contributed by atoms with van der Waals surface area (Å²) in [6, 6.07) is 5.68. The summed E-state index contributed by atoms with van der Waals surface area (Å²) in [5.41, 5.74) is 2.59. The van der Waals surface area contributed by atoms with Crippen molar-refractivity contribution in [1.82, 2.24) is 15.0 Å². The molecule has 2 heterocycles. The lowest BCUT2D eigenvalue weighted by Crippen LogP contribution is -2.10. The predicted molar refractivity (Wildman–Crippen MR) is 77.9 cm³/mol. The third-order valence-electron chi connectivity index (χ3n) is 2.74. The Morgan fingerprint density at radius 2 is 2.21 bits per heavy atom. The molecule has 1 saturated carbocycles. The fourth-order valence-corrected chi connectivity index (χ4v) is 2.92. The molecule has 98 valence electrons. The first-order chi connectivity index (χ1) is 9.26. The highest BCUT2D eigenvalue weighted by atomic mass is 79.9. The molecule has 0 aromatic carbocycles. The van der Waals surface area contributed by atoms with E-state index in [1.807, 2.05) is 18.2 Å². The molecular weight excluding hydrogens is 326 g/mol. The summed E-state index contributed by atoms with van der Waals surface area (Å²) >= 11 is 4.98. The van der Waals surface area contributed by atoms with Crippen LogP contribution in [-0.4, -0.2) is 15.0 Å². The Kier molecular flexibility index (Phi) is 3.67. The van der Waals surface area contributed by atoms with Gasteiger partial charge in [-0.2, -0.15) is 0 Å². The standard InChI is InChI=1S/C12H12BrN5S/c13-8-2-1-5-15-12(8)19-10-6-9(18-14)16-11(17-10)7-3-4-7/h1-2,5-7H,3-4,14H2,(H,16,17,18). The van der Waals surface area contributed by atoms with E-state index in [9.17, 15) is 0 Å². The minimum atomic E-state index is 0.486. The molecule has 0 radical (unpaired) electrons. The summed E-state index contributed by atoms with van der Waals surface area (Å²) in [5.74, 6) is 7.45. The van der Waals surface area contributed by atoms with E-state index >= 15 is 0 Å². The van der Waals surface area contributed by atoms with Crippen molar-refractivity contribution in [2.24, 2.45) is 5.84 Å². The zero-order valence-corrected chi connectivity index (χ0v) is 12.4. The van der Waals surface area contributed by atoms with Gasteiger partial charge in [0.05, 0.1) is 4.47 Å². The average Bonchev–Trinajstić information content (AvgIpc) is 3.25. The van der Waals surface area contributed by atoms with Gasteiger partial charge in [0.1, 0.15) is 21.7 Å². The van der Waals surface area contributed by atoms with Gasteiger partial charge in [0, 0.05) is 18.2 Å². The first-order valence-corrected chi connectivity index (χ1v) is 7.51. The fourth-order valence-electron chi connectivity index (χ4n) is 1.64. The topological polar surface area (TPSA) is 76.7 Å². The zero-order valence-electron chi connectivity index (χ0n) is 10.0. The molecule has 0 unspecified atom stereocenters. The maximum absolute atomic E-state index is 5.46. The van der Waals surface area contributed by atoms with Crippen LogP contribution in [0.1, 0.15) is 24.6 Å². The SMILES string of the molecule is NNc1cc(Sc2ncccc2Br)nc(C2CC2)n1. The van der Waals surface area contributed by atoms with Gasteiger partial charge in [0.2, 0.25) is 0 Å². The van der Waals surface area contributed by atoms with Crippen LogP contribution in [0.3, 0.4) is 0 Å². The molecule has 0 saturated heterocycles. The molecule has 7 heteroatoms. The van der Waals surface area contributed by atoms with Gasteiger partial charge in [0.15, 0.2) is 0 Å². The smallest absolute Gasteiger partial charge is 0.144 e. The van der Waals surface area contributed by atoms with Gasteiger partial charge in [-0.3, -0.25) is 0 Å². The Hall–Kier alpha value is -1.18. The Morgan fingerprint density at radius 3 is 2.89 bits per heavy atom. The van der Waals surface area contributed by atoms with Gasteiger partial charge in [-0.05, 0) is 52.7 Å². The van der Waals surface area contributed by atoms with Crippen LogP contribution in [0, 0.1) is 0 Å². The molecular formula is C12H12BrN5S. The second-order valence-electron chi connectivity index (χ2n) is 4.26. The van der Waals surface area contributed by atoms with Gasteiger partial charge in [-0.15, -0.1) is 0 Å². The van der Waals surface area contributed by atoms with Crippen LogP contribution >= 0.6 is 27.7 Å². The van der Waals surface area contributed by atoms with E-state index in [-0.39, 0.29) is 0 Å². The summed E-state index contributed by atoms with van der Waals surface area (Å²) in [5, 5.41) is 1.73. The van der Waals surface area contributed by atoms with Crippen molar-refractivity contribution in [2.45, 2.75) is 28.8 Å². The lowest BCUT2D eigenvalue weighted by Gasteiger charge is -2.07. The number of hydrazine groups is 1. The second kappa shape index (κ2) is 5.44. The van der Waals surface area contributed by atoms with Crippen molar-refractivity contribution in [3.63, 3.8) is 0 Å². The van der Waals surface area contributed by atoms with Gasteiger partial charge < -0.3 is 5.43 Å². The number of aromatic nitrogens is 3. The number of nitrogen functional groups attached to an aromatic ring is 1. The summed E-state index contributed by atoms with van der Waals surface area (Å²) in [4.78, 5) is 13.3. The van der Waals surface area contributed by atoms with Gasteiger partial charge in [-0.1, -0.05) is 0 Å². The van der Waals surface area contributed by atoms with Gasteiger partial charge in [0.25, 0.3) is 0 Å². The van der Waals surface area contributed by atoms with E-state index in [2.05, 4.69) is 36.3 Å². The third kappa shape index (κ3) is 3.05. The molecule has 19 heavy (non-hydrogen) atoms. The first-order valence-electron chi connectivity index (χ1n) is 5.90. The molecule has 2 aromatic heterocycles. The Morgan fingerprint density at radius 1 is 1.37 bits per heavy atom. The summed E-state index contributed by atoms with van der Waals surface area (Å²) < 4.78 is 0.953. The van der Waals surface area contributed by atoms with Gasteiger partial charge >= 0.3 is 0 Å². The highest BCUT2D eigenvalue weighted by Crippen LogP contribution is 2.40. The third-order valence-corrected chi connectivity index (χ3v) is 4.58. The average molecular weight is 338 g/mol. The van der Waals surface area contributed by atoms with Crippen LogP contribution in [-0.2, 0) is 0 Å². The number of nitrogens with one attached hydrogen (secondary N) is 1. The predicted octanol–water partition coefficient (Wildman–Crippen LogP) is 2.95. The van der Waals surface area contributed by atoms with E-state index in [4.69, 9.17) is 5.84 Å². The molecule has 3 N–H and O–H groups in total. The molecule has 0 bridgehead atoms. The summed E-state index contributed by atoms with van der Waals surface area (Å²) in [7, 11) is 0. The molecule has 0 atom stereocenters.